The van der Waals surface area contributed by atoms with Crippen molar-refractivity contribution in [2.24, 2.45) is 11.0 Å². The van der Waals surface area contributed by atoms with E-state index in [1.54, 1.807) is 6.07 Å². The van der Waals surface area contributed by atoms with E-state index in [1.807, 2.05) is 21.6 Å². The van der Waals surface area contributed by atoms with Crippen molar-refractivity contribution in [3.63, 3.8) is 0 Å². The average Bonchev–Trinajstić information content (AvgIpc) is 2.65. The number of rotatable bonds is 3. The molecule has 2 amide bonds. The molecule has 26 heavy (non-hydrogen) atoms. The molecule has 0 aliphatic carbocycles. The molecule has 3 atom stereocenters. The van der Waals surface area contributed by atoms with Crippen LogP contribution < -0.4 is 11.0 Å². The minimum absolute atomic E-state index is 0.0646. The van der Waals surface area contributed by atoms with Gasteiger partial charge in [-0.15, -0.1) is 0 Å². The van der Waals surface area contributed by atoms with Crippen LogP contribution in [0.5, 0.6) is 0 Å². The highest BCUT2D eigenvalue weighted by Gasteiger charge is 2.42. The molecule has 3 aliphatic heterocycles. The molecular weight excluding hydrogens is 332 g/mol. The normalized spacial score (nSPS) is 27.4. The van der Waals surface area contributed by atoms with E-state index in [0.717, 1.165) is 25.0 Å². The van der Waals surface area contributed by atoms with Crippen molar-refractivity contribution in [3.05, 3.63) is 34.2 Å². The summed E-state index contributed by atoms with van der Waals surface area (Å²) in [5, 5.41) is 3.96. The van der Waals surface area contributed by atoms with Crippen molar-refractivity contribution in [1.29, 1.82) is 0 Å². The Balaban J connectivity index is 1.64. The van der Waals surface area contributed by atoms with E-state index in [0.29, 0.717) is 31.6 Å². The lowest BCUT2D eigenvalue weighted by Gasteiger charge is -2.47. The second-order valence-corrected chi connectivity index (χ2v) is 7.51. The lowest BCUT2D eigenvalue weighted by molar-refractivity contribution is -0.127. The fourth-order valence-corrected chi connectivity index (χ4v) is 4.68. The molecule has 4 rings (SSSR count). The highest BCUT2D eigenvalue weighted by molar-refractivity contribution is 6.39. The zero-order chi connectivity index (χ0) is 18.3. The van der Waals surface area contributed by atoms with E-state index in [2.05, 4.69) is 17.5 Å². The predicted octanol–water partition coefficient (Wildman–Crippen LogP) is 1.40. The Morgan fingerprint density at radius 3 is 2.85 bits per heavy atom. The number of fused-ring (bicyclic) bond motifs is 4. The molecule has 0 radical (unpaired) electrons. The van der Waals surface area contributed by atoms with Gasteiger partial charge in [0.1, 0.15) is 5.71 Å². The number of hydrogen-bond donors (Lipinski definition) is 1. The number of nitrogens with zero attached hydrogens (tertiary/aromatic N) is 3. The first-order valence-corrected chi connectivity index (χ1v) is 9.44. The van der Waals surface area contributed by atoms with Gasteiger partial charge in [0, 0.05) is 49.7 Å². The third-order valence-electron chi connectivity index (χ3n) is 5.82. The molecule has 2 bridgehead atoms. The number of pyridine rings is 1. The van der Waals surface area contributed by atoms with Gasteiger partial charge in [-0.25, -0.2) is 5.43 Å². The molecule has 0 aromatic carbocycles. The summed E-state index contributed by atoms with van der Waals surface area (Å²) < 4.78 is 1.97. The fourth-order valence-electron chi connectivity index (χ4n) is 4.68. The molecule has 0 spiro atoms. The van der Waals surface area contributed by atoms with Gasteiger partial charge in [-0.05, 0) is 24.8 Å². The summed E-state index contributed by atoms with van der Waals surface area (Å²) in [4.78, 5) is 38.6. The van der Waals surface area contributed by atoms with Crippen LogP contribution in [0.3, 0.4) is 0 Å². The van der Waals surface area contributed by atoms with Gasteiger partial charge in [-0.1, -0.05) is 19.4 Å². The van der Waals surface area contributed by atoms with E-state index in [9.17, 15) is 14.4 Å². The molecule has 1 N–H and O–H groups in total. The molecule has 3 aliphatic rings. The van der Waals surface area contributed by atoms with Crippen LogP contribution in [-0.2, 0) is 9.59 Å². The Morgan fingerprint density at radius 1 is 1.27 bits per heavy atom. The van der Waals surface area contributed by atoms with Gasteiger partial charge >= 0.3 is 0 Å². The second kappa shape index (κ2) is 6.70. The SMILES string of the molecule is CCC[C@H]1[C@H]2C[C@H](CN(C(=O)C3=NNC(=O)CC3)C2)c2cccc(=O)n21. The van der Waals surface area contributed by atoms with E-state index in [1.165, 1.54) is 0 Å². The summed E-state index contributed by atoms with van der Waals surface area (Å²) >= 11 is 0. The van der Waals surface area contributed by atoms with E-state index in [4.69, 9.17) is 0 Å². The Labute approximate surface area is 152 Å². The Bertz CT molecular complexity index is 828. The maximum absolute atomic E-state index is 12.9. The first kappa shape index (κ1) is 17.0. The van der Waals surface area contributed by atoms with Gasteiger partial charge in [-0.3, -0.25) is 14.4 Å². The van der Waals surface area contributed by atoms with Crippen LogP contribution >= 0.6 is 0 Å². The average molecular weight is 356 g/mol. The van der Waals surface area contributed by atoms with Crippen LogP contribution in [-0.4, -0.2) is 40.1 Å². The molecule has 0 unspecified atom stereocenters. The zero-order valence-electron chi connectivity index (χ0n) is 15.0. The molecule has 7 heteroatoms. The van der Waals surface area contributed by atoms with E-state index >= 15 is 0 Å². The zero-order valence-corrected chi connectivity index (χ0v) is 15.0. The Hall–Kier alpha value is -2.44. The molecule has 1 fully saturated rings. The molecule has 138 valence electrons. The third kappa shape index (κ3) is 2.85. The van der Waals surface area contributed by atoms with Crippen LogP contribution in [0, 0.1) is 5.92 Å². The number of amides is 2. The van der Waals surface area contributed by atoms with Crippen LogP contribution in [0.2, 0.25) is 0 Å². The summed E-state index contributed by atoms with van der Waals surface area (Å²) in [6.07, 6.45) is 3.65. The minimum Gasteiger partial charge on any atom is -0.337 e. The standard InChI is InChI=1S/C19H24N4O3/c1-2-4-15-12-9-13(16-5-3-6-18(25)23(15)16)11-22(10-12)19(26)14-7-8-17(24)21-20-14/h3,5-6,12-13,15H,2,4,7-11H2,1H3,(H,21,24)/t12-,13+,15-/m0/s1. The number of hydrazone groups is 1. The number of hydrogen-bond acceptors (Lipinski definition) is 4. The van der Waals surface area contributed by atoms with Gasteiger partial charge in [0.05, 0.1) is 0 Å². The topological polar surface area (TPSA) is 83.8 Å². The lowest BCUT2D eigenvalue weighted by Crippen LogP contribution is -2.53. The molecular formula is C19H24N4O3. The summed E-state index contributed by atoms with van der Waals surface area (Å²) in [6, 6.07) is 5.62. The number of nitrogens with one attached hydrogen (secondary N) is 1. The smallest absolute Gasteiger partial charge is 0.270 e. The summed E-state index contributed by atoms with van der Waals surface area (Å²) in [5.74, 6) is 0.234. The summed E-state index contributed by atoms with van der Waals surface area (Å²) in [6.45, 7) is 3.38. The summed E-state index contributed by atoms with van der Waals surface area (Å²) in [5.41, 5.74) is 3.95. The highest BCUT2D eigenvalue weighted by atomic mass is 16.2. The molecule has 1 aromatic heterocycles. The number of carbonyl (C=O) groups excluding carboxylic acids is 2. The van der Waals surface area contributed by atoms with Gasteiger partial charge in [0.2, 0.25) is 5.91 Å². The number of piperidine rings is 1. The van der Waals surface area contributed by atoms with E-state index in [-0.39, 0.29) is 35.3 Å². The van der Waals surface area contributed by atoms with Crippen molar-refractivity contribution in [2.45, 2.75) is 51.0 Å². The lowest BCUT2D eigenvalue weighted by atomic mass is 9.77. The maximum Gasteiger partial charge on any atom is 0.270 e. The molecule has 1 aromatic rings. The first-order chi connectivity index (χ1) is 12.6. The Kier molecular flexibility index (Phi) is 4.38. The number of aromatic nitrogens is 1. The summed E-state index contributed by atoms with van der Waals surface area (Å²) in [7, 11) is 0. The molecule has 7 nitrogen and oxygen atoms in total. The predicted molar refractivity (Wildman–Crippen MR) is 96.9 cm³/mol. The van der Waals surface area contributed by atoms with Crippen LogP contribution in [0.1, 0.15) is 56.7 Å². The van der Waals surface area contributed by atoms with Crippen LogP contribution in [0.25, 0.3) is 0 Å². The molecule has 4 heterocycles. The molecule has 1 saturated heterocycles. The highest BCUT2D eigenvalue weighted by Crippen LogP contribution is 2.42. The van der Waals surface area contributed by atoms with Crippen LogP contribution in [0.15, 0.2) is 28.1 Å². The van der Waals surface area contributed by atoms with Gasteiger partial charge in [0.15, 0.2) is 0 Å². The third-order valence-corrected chi connectivity index (χ3v) is 5.82. The van der Waals surface area contributed by atoms with Crippen molar-refractivity contribution in [2.75, 3.05) is 13.1 Å². The minimum atomic E-state index is -0.145. The number of carbonyl (C=O) groups is 2. The second-order valence-electron chi connectivity index (χ2n) is 7.51. The quantitative estimate of drug-likeness (QED) is 0.888. The fraction of sp³-hybridized carbons (Fsp3) is 0.579. The first-order valence-electron chi connectivity index (χ1n) is 9.44. The largest absolute Gasteiger partial charge is 0.337 e. The molecule has 0 saturated carbocycles. The maximum atomic E-state index is 12.9. The van der Waals surface area contributed by atoms with Crippen molar-refractivity contribution >= 4 is 17.5 Å². The van der Waals surface area contributed by atoms with Crippen LogP contribution in [0.4, 0.5) is 0 Å². The van der Waals surface area contributed by atoms with Crippen molar-refractivity contribution in [3.8, 4) is 0 Å². The van der Waals surface area contributed by atoms with Gasteiger partial charge in [-0.2, -0.15) is 5.10 Å². The monoisotopic (exact) mass is 356 g/mol. The number of likely N-dealkylation sites (tertiary alicyclic amines) is 1. The van der Waals surface area contributed by atoms with Crippen molar-refractivity contribution in [1.82, 2.24) is 14.9 Å². The van der Waals surface area contributed by atoms with Gasteiger partial charge in [0.25, 0.3) is 11.5 Å². The van der Waals surface area contributed by atoms with Crippen molar-refractivity contribution < 1.29 is 9.59 Å². The van der Waals surface area contributed by atoms with E-state index < -0.39 is 0 Å². The Morgan fingerprint density at radius 2 is 2.12 bits per heavy atom. The van der Waals surface area contributed by atoms with Gasteiger partial charge < -0.3 is 9.47 Å².